The van der Waals surface area contributed by atoms with Crippen molar-refractivity contribution in [3.8, 4) is 23.3 Å². The lowest BCUT2D eigenvalue weighted by Crippen LogP contribution is -2.28. The summed E-state index contributed by atoms with van der Waals surface area (Å²) >= 11 is 0. The van der Waals surface area contributed by atoms with Gasteiger partial charge in [0.2, 0.25) is 17.6 Å². The van der Waals surface area contributed by atoms with E-state index in [9.17, 15) is 9.59 Å². The molecule has 0 bridgehead atoms. The average Bonchev–Trinajstić information content (AvgIpc) is 3.14. The molecule has 1 unspecified atom stereocenters. The van der Waals surface area contributed by atoms with Gasteiger partial charge in [-0.05, 0) is 24.3 Å². The Kier molecular flexibility index (Phi) is 5.88. The zero-order valence-corrected chi connectivity index (χ0v) is 16.4. The molecule has 1 aliphatic rings. The highest BCUT2D eigenvalue weighted by molar-refractivity contribution is 6.03. The average molecular weight is 395 g/mol. The smallest absolute Gasteiger partial charge is 0.229 e. The van der Waals surface area contributed by atoms with E-state index in [1.54, 1.807) is 36.4 Å². The third-order valence-corrected chi connectivity index (χ3v) is 4.74. The molecule has 1 atom stereocenters. The van der Waals surface area contributed by atoms with Crippen molar-refractivity contribution in [2.24, 2.45) is 5.92 Å². The minimum atomic E-state index is -0.503. The van der Waals surface area contributed by atoms with Crippen molar-refractivity contribution in [1.82, 2.24) is 0 Å². The van der Waals surface area contributed by atoms with Crippen LogP contribution in [0.3, 0.4) is 0 Å². The fraction of sp³-hybridized carbons (Fsp3) is 0.286. The van der Waals surface area contributed by atoms with Gasteiger partial charge in [0.15, 0.2) is 11.5 Å². The Morgan fingerprint density at radius 1 is 1.10 bits per heavy atom. The summed E-state index contributed by atoms with van der Waals surface area (Å²) in [6, 6.07) is 11.9. The molecule has 2 aromatic rings. The van der Waals surface area contributed by atoms with E-state index in [2.05, 4.69) is 5.32 Å². The Morgan fingerprint density at radius 3 is 2.24 bits per heavy atom. The van der Waals surface area contributed by atoms with Crippen LogP contribution in [0.25, 0.3) is 0 Å². The lowest BCUT2D eigenvalue weighted by Gasteiger charge is -2.20. The second kappa shape index (κ2) is 8.52. The van der Waals surface area contributed by atoms with E-state index in [1.807, 2.05) is 6.07 Å². The Hall–Kier alpha value is -3.73. The largest absolute Gasteiger partial charge is 0.493 e. The maximum atomic E-state index is 12.6. The number of carbonyl (C=O) groups is 2. The highest BCUT2D eigenvalue weighted by Gasteiger charge is 2.36. The van der Waals surface area contributed by atoms with E-state index in [4.69, 9.17) is 19.5 Å². The van der Waals surface area contributed by atoms with Crippen LogP contribution in [0.1, 0.15) is 12.0 Å². The van der Waals surface area contributed by atoms with Crippen molar-refractivity contribution in [2.75, 3.05) is 38.1 Å². The highest BCUT2D eigenvalue weighted by Crippen LogP contribution is 2.42. The van der Waals surface area contributed by atoms with Crippen molar-refractivity contribution < 1.29 is 23.8 Å². The fourth-order valence-corrected chi connectivity index (χ4v) is 3.23. The summed E-state index contributed by atoms with van der Waals surface area (Å²) in [5.74, 6) is 0.371. The fourth-order valence-electron chi connectivity index (χ4n) is 3.23. The van der Waals surface area contributed by atoms with Crippen LogP contribution in [0.5, 0.6) is 17.2 Å². The molecule has 8 nitrogen and oxygen atoms in total. The van der Waals surface area contributed by atoms with E-state index < -0.39 is 5.92 Å². The quantitative estimate of drug-likeness (QED) is 0.807. The molecule has 1 fully saturated rings. The van der Waals surface area contributed by atoms with Gasteiger partial charge in [-0.2, -0.15) is 5.26 Å². The molecule has 29 heavy (non-hydrogen) atoms. The van der Waals surface area contributed by atoms with E-state index in [1.165, 1.54) is 26.2 Å². The normalized spacial score (nSPS) is 15.6. The van der Waals surface area contributed by atoms with Crippen LogP contribution < -0.4 is 24.4 Å². The van der Waals surface area contributed by atoms with Crippen LogP contribution >= 0.6 is 0 Å². The number of methoxy groups -OCH3 is 3. The second-order valence-corrected chi connectivity index (χ2v) is 6.47. The molecule has 1 aliphatic heterocycles. The number of hydrogen-bond donors (Lipinski definition) is 1. The molecule has 1 saturated heterocycles. The molecule has 2 amide bonds. The number of hydrogen-bond acceptors (Lipinski definition) is 6. The predicted molar refractivity (Wildman–Crippen MR) is 106 cm³/mol. The van der Waals surface area contributed by atoms with E-state index >= 15 is 0 Å². The second-order valence-electron chi connectivity index (χ2n) is 6.47. The van der Waals surface area contributed by atoms with Crippen molar-refractivity contribution in [1.29, 1.82) is 5.26 Å². The molecule has 0 aliphatic carbocycles. The summed E-state index contributed by atoms with van der Waals surface area (Å²) in [7, 11) is 4.51. The Morgan fingerprint density at radius 2 is 1.72 bits per heavy atom. The minimum Gasteiger partial charge on any atom is -0.493 e. The number of nitriles is 1. The van der Waals surface area contributed by atoms with Crippen LogP contribution in [0.15, 0.2) is 36.4 Å². The zero-order chi connectivity index (χ0) is 21.0. The van der Waals surface area contributed by atoms with E-state index in [0.717, 1.165) is 0 Å². The van der Waals surface area contributed by atoms with Gasteiger partial charge < -0.3 is 24.4 Å². The van der Waals surface area contributed by atoms with Gasteiger partial charge in [-0.15, -0.1) is 0 Å². The third-order valence-electron chi connectivity index (χ3n) is 4.74. The van der Waals surface area contributed by atoms with Crippen LogP contribution in [0.4, 0.5) is 11.4 Å². The Balaban J connectivity index is 1.77. The lowest BCUT2D eigenvalue weighted by molar-refractivity contribution is -0.122. The molecular formula is C21H21N3O5. The molecular weight excluding hydrogens is 374 g/mol. The number of nitrogens with zero attached hydrogens (tertiary/aromatic N) is 2. The standard InChI is InChI=1S/C21H21N3O5/c1-27-17-9-16(10-18(28-2)20(17)29-3)24-12-14(8-19(24)25)21(26)23-15-6-4-13(11-22)5-7-15/h4-7,9-10,14H,8,12H2,1-3H3,(H,23,26). The molecule has 8 heteroatoms. The minimum absolute atomic E-state index is 0.0960. The first-order valence-corrected chi connectivity index (χ1v) is 8.92. The summed E-state index contributed by atoms with van der Waals surface area (Å²) < 4.78 is 16.0. The number of carbonyl (C=O) groups excluding carboxylic acids is 2. The molecule has 2 aromatic carbocycles. The Bertz CT molecular complexity index is 940. The number of benzene rings is 2. The Labute approximate surface area is 168 Å². The molecule has 1 heterocycles. The van der Waals surface area contributed by atoms with Crippen LogP contribution in [0.2, 0.25) is 0 Å². The number of rotatable bonds is 6. The van der Waals surface area contributed by atoms with Gasteiger partial charge in [0.1, 0.15) is 0 Å². The van der Waals surface area contributed by atoms with Gasteiger partial charge in [-0.3, -0.25) is 9.59 Å². The number of anilines is 2. The molecule has 0 aromatic heterocycles. The van der Waals surface area contributed by atoms with Gasteiger partial charge in [-0.25, -0.2) is 0 Å². The van der Waals surface area contributed by atoms with Gasteiger partial charge in [0.25, 0.3) is 0 Å². The number of ether oxygens (including phenoxy) is 3. The van der Waals surface area contributed by atoms with Gasteiger partial charge >= 0.3 is 0 Å². The maximum Gasteiger partial charge on any atom is 0.229 e. The highest BCUT2D eigenvalue weighted by atomic mass is 16.5. The lowest BCUT2D eigenvalue weighted by atomic mass is 10.1. The van der Waals surface area contributed by atoms with E-state index in [0.29, 0.717) is 34.2 Å². The third kappa shape index (κ3) is 4.09. The first kappa shape index (κ1) is 20.0. The van der Waals surface area contributed by atoms with Gasteiger partial charge in [-0.1, -0.05) is 0 Å². The van der Waals surface area contributed by atoms with Crippen LogP contribution in [-0.2, 0) is 9.59 Å². The van der Waals surface area contributed by atoms with Crippen molar-refractivity contribution >= 4 is 23.2 Å². The first-order valence-electron chi connectivity index (χ1n) is 8.92. The van der Waals surface area contributed by atoms with Gasteiger partial charge in [0.05, 0.1) is 44.6 Å². The summed E-state index contributed by atoms with van der Waals surface area (Å²) in [4.78, 5) is 26.7. The predicted octanol–water partition coefficient (Wildman–Crippen LogP) is 2.58. The molecule has 1 N–H and O–H groups in total. The molecule has 3 rings (SSSR count). The topological polar surface area (TPSA) is 101 Å². The molecule has 0 saturated carbocycles. The van der Waals surface area contributed by atoms with Crippen molar-refractivity contribution in [2.45, 2.75) is 6.42 Å². The molecule has 0 radical (unpaired) electrons. The first-order chi connectivity index (χ1) is 14.0. The number of nitrogens with one attached hydrogen (secondary N) is 1. The SMILES string of the molecule is COc1cc(N2CC(C(=O)Nc3ccc(C#N)cc3)CC2=O)cc(OC)c1OC. The van der Waals surface area contributed by atoms with Crippen LogP contribution in [0, 0.1) is 17.2 Å². The monoisotopic (exact) mass is 395 g/mol. The summed E-state index contributed by atoms with van der Waals surface area (Å²) in [6.45, 7) is 0.236. The van der Waals surface area contributed by atoms with Crippen molar-refractivity contribution in [3.05, 3.63) is 42.0 Å². The summed E-state index contributed by atoms with van der Waals surface area (Å²) in [6.07, 6.45) is 0.0960. The van der Waals surface area contributed by atoms with Crippen LogP contribution in [-0.4, -0.2) is 39.7 Å². The maximum absolute atomic E-state index is 12.6. The molecule has 150 valence electrons. The zero-order valence-electron chi connectivity index (χ0n) is 16.4. The number of amides is 2. The van der Waals surface area contributed by atoms with E-state index in [-0.39, 0.29) is 24.8 Å². The van der Waals surface area contributed by atoms with Gasteiger partial charge in [0, 0.05) is 30.8 Å². The summed E-state index contributed by atoms with van der Waals surface area (Å²) in [5, 5.41) is 11.6. The van der Waals surface area contributed by atoms with Crippen molar-refractivity contribution in [3.63, 3.8) is 0 Å². The molecule has 0 spiro atoms. The summed E-state index contributed by atoms with van der Waals surface area (Å²) in [5.41, 5.74) is 1.65.